The van der Waals surface area contributed by atoms with Gasteiger partial charge in [-0.3, -0.25) is 9.35 Å². The molecule has 3 aromatic carbocycles. The molecule has 0 spiro atoms. The molecule has 0 atom stereocenters. The van der Waals surface area contributed by atoms with Crippen LogP contribution in [0, 0.1) is 12.7 Å². The number of rotatable bonds is 7. The van der Waals surface area contributed by atoms with Crippen LogP contribution in [-0.2, 0) is 11.4 Å². The Kier molecular flexibility index (Phi) is 6.82. The van der Waals surface area contributed by atoms with Crippen LogP contribution in [0.2, 0.25) is 0 Å². The molecule has 1 amide bonds. The maximum Gasteiger partial charge on any atom is 0.251 e. The van der Waals surface area contributed by atoms with Crippen molar-refractivity contribution in [3.05, 3.63) is 65.5 Å². The quantitative estimate of drug-likeness (QED) is 0.384. The standard InChI is InChI=1S/C26H27FN2O5S/c1-15-6-7-16(27)12-22(15)33-14-20-18(19-9-8-17(34-35-31)13-23(19)32-5)10-11-21-24(20)29(4)25(30)26(2,3)28-21/h6-13,28,31H,14H2,1-5H3. The number of hydrogen-bond donors (Lipinski definition) is 2. The molecule has 0 aliphatic carbocycles. The Bertz CT molecular complexity index is 1280. The van der Waals surface area contributed by atoms with Crippen LogP contribution in [0.4, 0.5) is 15.8 Å². The van der Waals surface area contributed by atoms with Gasteiger partial charge in [-0.15, -0.1) is 0 Å². The smallest absolute Gasteiger partial charge is 0.251 e. The van der Waals surface area contributed by atoms with Crippen molar-refractivity contribution in [2.75, 3.05) is 24.4 Å². The van der Waals surface area contributed by atoms with Gasteiger partial charge in [0.15, 0.2) is 0 Å². The summed E-state index contributed by atoms with van der Waals surface area (Å²) in [5.74, 6) is 0.858. The van der Waals surface area contributed by atoms with E-state index in [2.05, 4.69) is 5.32 Å². The van der Waals surface area contributed by atoms with Gasteiger partial charge < -0.3 is 23.9 Å². The number of ether oxygens (including phenoxy) is 2. The van der Waals surface area contributed by atoms with E-state index in [0.717, 1.165) is 27.9 Å². The molecule has 0 fully saturated rings. The van der Waals surface area contributed by atoms with Crippen molar-refractivity contribution in [2.24, 2.45) is 0 Å². The van der Waals surface area contributed by atoms with Gasteiger partial charge in [0.05, 0.1) is 18.5 Å². The second-order valence-electron chi connectivity index (χ2n) is 8.82. The van der Waals surface area contributed by atoms with E-state index in [-0.39, 0.29) is 24.8 Å². The minimum atomic E-state index is -0.779. The number of amides is 1. The number of carbonyl (C=O) groups excluding carboxylic acids is 1. The Morgan fingerprint density at radius 3 is 2.54 bits per heavy atom. The number of nitrogens with one attached hydrogen (secondary N) is 1. The normalized spacial score (nSPS) is 14.3. The average molecular weight is 499 g/mol. The van der Waals surface area contributed by atoms with Crippen molar-refractivity contribution >= 4 is 29.6 Å². The molecular formula is C26H27FN2O5S. The van der Waals surface area contributed by atoms with Crippen molar-refractivity contribution in [2.45, 2.75) is 32.9 Å². The predicted molar refractivity (Wildman–Crippen MR) is 136 cm³/mol. The summed E-state index contributed by atoms with van der Waals surface area (Å²) in [6, 6.07) is 13.4. The van der Waals surface area contributed by atoms with Gasteiger partial charge in [-0.05, 0) is 56.2 Å². The van der Waals surface area contributed by atoms with E-state index in [1.807, 2.05) is 39.0 Å². The molecule has 4 rings (SSSR count). The summed E-state index contributed by atoms with van der Waals surface area (Å²) in [5.41, 5.74) is 3.72. The molecule has 0 saturated heterocycles. The molecule has 184 valence electrons. The number of methoxy groups -OCH3 is 1. The van der Waals surface area contributed by atoms with Crippen LogP contribution >= 0.6 is 12.3 Å². The van der Waals surface area contributed by atoms with Crippen LogP contribution in [0.3, 0.4) is 0 Å². The van der Waals surface area contributed by atoms with E-state index in [4.69, 9.17) is 18.2 Å². The molecule has 3 aromatic rings. The first-order chi connectivity index (χ1) is 16.7. The number of anilines is 2. The fourth-order valence-electron chi connectivity index (χ4n) is 4.30. The molecule has 7 nitrogen and oxygen atoms in total. The van der Waals surface area contributed by atoms with Gasteiger partial charge in [-0.1, -0.05) is 12.1 Å². The third kappa shape index (κ3) is 4.74. The number of benzene rings is 3. The Hall–Kier alpha value is -3.43. The van der Waals surface area contributed by atoms with Gasteiger partial charge >= 0.3 is 0 Å². The summed E-state index contributed by atoms with van der Waals surface area (Å²) in [4.78, 5) is 14.8. The summed E-state index contributed by atoms with van der Waals surface area (Å²) in [6.45, 7) is 5.58. The molecule has 0 bridgehead atoms. The van der Waals surface area contributed by atoms with Crippen LogP contribution in [0.1, 0.15) is 25.0 Å². The zero-order chi connectivity index (χ0) is 25.3. The summed E-state index contributed by atoms with van der Waals surface area (Å²) < 4.78 is 39.7. The van der Waals surface area contributed by atoms with Crippen LogP contribution in [-0.4, -0.2) is 30.2 Å². The number of nitrogens with zero attached hydrogens (tertiary/aromatic N) is 1. The molecule has 1 aliphatic rings. The lowest BCUT2D eigenvalue weighted by Crippen LogP contribution is -2.52. The number of aryl methyl sites for hydroxylation is 1. The lowest BCUT2D eigenvalue weighted by Gasteiger charge is -2.39. The lowest BCUT2D eigenvalue weighted by molar-refractivity contribution is -0.121. The zero-order valence-electron chi connectivity index (χ0n) is 20.1. The summed E-state index contributed by atoms with van der Waals surface area (Å²) >= 11 is 0.247. The molecule has 0 saturated carbocycles. The first-order valence-corrected chi connectivity index (χ1v) is 11.6. The molecule has 0 radical (unpaired) electrons. The van der Waals surface area contributed by atoms with Crippen molar-refractivity contribution in [1.29, 1.82) is 0 Å². The second-order valence-corrected chi connectivity index (χ2v) is 9.14. The first-order valence-electron chi connectivity index (χ1n) is 10.9. The van der Waals surface area contributed by atoms with Crippen LogP contribution in [0.15, 0.2) is 48.5 Å². The molecular weight excluding hydrogens is 471 g/mol. The SMILES string of the molecule is COc1cc(OSO)ccc1-c1ccc2c(c1COc1cc(F)ccc1C)N(C)C(=O)C(C)(C)N2. The van der Waals surface area contributed by atoms with Crippen molar-refractivity contribution in [1.82, 2.24) is 0 Å². The van der Waals surface area contributed by atoms with Gasteiger partial charge in [-0.25, -0.2) is 4.39 Å². The number of likely N-dealkylation sites (N-methyl/N-ethyl adjacent to an activating group) is 1. The van der Waals surface area contributed by atoms with E-state index < -0.39 is 11.4 Å². The van der Waals surface area contributed by atoms with Gasteiger partial charge in [0.2, 0.25) is 12.3 Å². The van der Waals surface area contributed by atoms with Crippen molar-refractivity contribution in [3.63, 3.8) is 0 Å². The number of carbonyl (C=O) groups is 1. The van der Waals surface area contributed by atoms with Crippen LogP contribution in [0.25, 0.3) is 11.1 Å². The molecule has 1 aliphatic heterocycles. The summed E-state index contributed by atoms with van der Waals surface area (Å²) in [5, 5.41) is 3.32. The highest BCUT2D eigenvalue weighted by Crippen LogP contribution is 2.45. The van der Waals surface area contributed by atoms with E-state index in [1.165, 1.54) is 12.1 Å². The van der Waals surface area contributed by atoms with Gasteiger partial charge in [0.1, 0.15) is 35.2 Å². The fourth-order valence-corrected chi connectivity index (χ4v) is 4.49. The topological polar surface area (TPSA) is 80.3 Å². The largest absolute Gasteiger partial charge is 0.496 e. The maximum atomic E-state index is 13.9. The third-order valence-corrected chi connectivity index (χ3v) is 6.29. The summed E-state index contributed by atoms with van der Waals surface area (Å²) in [6.07, 6.45) is 0. The number of halogens is 1. The van der Waals surface area contributed by atoms with Gasteiger partial charge in [-0.2, -0.15) is 0 Å². The zero-order valence-corrected chi connectivity index (χ0v) is 21.0. The fraction of sp³-hybridized carbons (Fsp3) is 0.269. The lowest BCUT2D eigenvalue weighted by atomic mass is 9.91. The highest BCUT2D eigenvalue weighted by Gasteiger charge is 2.38. The van der Waals surface area contributed by atoms with Crippen LogP contribution in [0.5, 0.6) is 17.2 Å². The third-order valence-electron chi connectivity index (χ3n) is 6.02. The Morgan fingerprint density at radius 1 is 1.09 bits per heavy atom. The molecule has 0 aromatic heterocycles. The maximum absolute atomic E-state index is 13.9. The highest BCUT2D eigenvalue weighted by molar-refractivity contribution is 7.89. The predicted octanol–water partition coefficient (Wildman–Crippen LogP) is 6.06. The Labute approximate surface area is 208 Å². The number of hydrogen-bond acceptors (Lipinski definition) is 7. The molecule has 2 N–H and O–H groups in total. The Balaban J connectivity index is 1.88. The highest BCUT2D eigenvalue weighted by atomic mass is 32.2. The summed E-state index contributed by atoms with van der Waals surface area (Å²) in [7, 11) is 3.27. The van der Waals surface area contributed by atoms with E-state index in [0.29, 0.717) is 22.9 Å². The monoisotopic (exact) mass is 498 g/mol. The number of fused-ring (bicyclic) bond motifs is 1. The molecule has 1 heterocycles. The van der Waals surface area contributed by atoms with Crippen molar-refractivity contribution < 1.29 is 27.4 Å². The van der Waals surface area contributed by atoms with E-state index >= 15 is 0 Å². The van der Waals surface area contributed by atoms with E-state index in [9.17, 15) is 9.18 Å². The molecule has 0 unspecified atom stereocenters. The minimum Gasteiger partial charge on any atom is -0.496 e. The second kappa shape index (κ2) is 9.67. The Morgan fingerprint density at radius 2 is 1.83 bits per heavy atom. The molecule has 35 heavy (non-hydrogen) atoms. The van der Waals surface area contributed by atoms with Crippen LogP contribution < -0.4 is 23.9 Å². The molecule has 9 heteroatoms. The minimum absolute atomic E-state index is 0.0798. The van der Waals surface area contributed by atoms with Crippen molar-refractivity contribution in [3.8, 4) is 28.4 Å². The van der Waals surface area contributed by atoms with Gasteiger partial charge in [0.25, 0.3) is 5.91 Å². The van der Waals surface area contributed by atoms with Gasteiger partial charge in [0, 0.05) is 30.3 Å². The first kappa shape index (κ1) is 24.7. The average Bonchev–Trinajstić information content (AvgIpc) is 2.83. The van der Waals surface area contributed by atoms with E-state index in [1.54, 1.807) is 37.3 Å².